The van der Waals surface area contributed by atoms with Crippen molar-refractivity contribution in [1.29, 1.82) is 0 Å². The summed E-state index contributed by atoms with van der Waals surface area (Å²) < 4.78 is 0. The molecule has 0 saturated carbocycles. The van der Waals surface area contributed by atoms with Gasteiger partial charge in [-0.05, 0) is 39.9 Å². The summed E-state index contributed by atoms with van der Waals surface area (Å²) in [4.78, 5) is 20.6. The lowest BCUT2D eigenvalue weighted by atomic mass is 9.96. The number of pyridine rings is 1. The number of aromatic amines is 2. The zero-order valence-electron chi connectivity index (χ0n) is 15.9. The van der Waals surface area contributed by atoms with Crippen LogP contribution in [0.5, 0.6) is 0 Å². The van der Waals surface area contributed by atoms with Gasteiger partial charge in [0, 0.05) is 29.5 Å². The zero-order chi connectivity index (χ0) is 20.1. The van der Waals surface area contributed by atoms with E-state index in [4.69, 9.17) is 0 Å². The van der Waals surface area contributed by atoms with Gasteiger partial charge in [0.25, 0.3) is 5.91 Å². The van der Waals surface area contributed by atoms with Gasteiger partial charge in [0.05, 0.1) is 17.8 Å². The van der Waals surface area contributed by atoms with Crippen LogP contribution in [0.4, 0.5) is 0 Å². The number of H-pyrrole nitrogens is 2. The lowest BCUT2D eigenvalue weighted by Crippen LogP contribution is -2.28. The van der Waals surface area contributed by atoms with Crippen LogP contribution >= 0.6 is 0 Å². The van der Waals surface area contributed by atoms with Crippen LogP contribution in [0.3, 0.4) is 0 Å². The van der Waals surface area contributed by atoms with E-state index < -0.39 is 0 Å². The number of nitrogens with one attached hydrogen (secondary N) is 3. The van der Waals surface area contributed by atoms with Crippen molar-refractivity contribution in [3.05, 3.63) is 96.1 Å². The highest BCUT2D eigenvalue weighted by Gasteiger charge is 2.32. The number of amides is 1. The third kappa shape index (κ3) is 2.40. The second-order valence-corrected chi connectivity index (χ2v) is 7.35. The van der Waals surface area contributed by atoms with Crippen LogP contribution in [0.2, 0.25) is 0 Å². The Morgan fingerprint density at radius 2 is 1.83 bits per heavy atom. The molecule has 1 amide bonds. The largest absolute Gasteiger partial charge is 0.346 e. The predicted octanol–water partition coefficient (Wildman–Crippen LogP) is 4.45. The fraction of sp³-hybridized carbons (Fsp3) is 0.0417. The number of nitrogens with zero attached hydrogens (tertiary/aromatic N) is 2. The van der Waals surface area contributed by atoms with Crippen molar-refractivity contribution in [2.75, 3.05) is 0 Å². The average Bonchev–Trinajstić information content (AvgIpc) is 3.53. The second-order valence-electron chi connectivity index (χ2n) is 7.35. The monoisotopic (exact) mass is 391 g/mol. The number of benzene rings is 2. The Morgan fingerprint density at radius 3 is 2.73 bits per heavy atom. The van der Waals surface area contributed by atoms with Crippen LogP contribution in [0.1, 0.15) is 27.5 Å². The Morgan fingerprint density at radius 1 is 0.967 bits per heavy atom. The summed E-state index contributed by atoms with van der Waals surface area (Å²) >= 11 is 0. The van der Waals surface area contributed by atoms with E-state index in [0.717, 1.165) is 38.8 Å². The van der Waals surface area contributed by atoms with Gasteiger partial charge in [-0.25, -0.2) is 4.98 Å². The third-order valence-electron chi connectivity index (χ3n) is 5.74. The van der Waals surface area contributed by atoms with Crippen molar-refractivity contribution in [2.45, 2.75) is 6.04 Å². The molecule has 0 saturated heterocycles. The quantitative estimate of drug-likeness (QED) is 0.425. The fourth-order valence-corrected chi connectivity index (χ4v) is 4.42. The van der Waals surface area contributed by atoms with E-state index in [1.165, 1.54) is 0 Å². The van der Waals surface area contributed by atoms with Crippen LogP contribution in [0, 0.1) is 0 Å². The smallest absolute Gasteiger partial charge is 0.252 e. The number of hydrogen-bond donors (Lipinski definition) is 3. The summed E-state index contributed by atoms with van der Waals surface area (Å²) in [5, 5.41) is 11.1. The molecule has 6 nitrogen and oxygen atoms in total. The second kappa shape index (κ2) is 6.42. The Kier molecular flexibility index (Phi) is 3.58. The molecule has 3 aromatic heterocycles. The SMILES string of the molecule is O=C(NC1c2ccccc2-c2c(-c3cn[nH]c3)cccc21)c1ccnc2[nH]ccc12. The average molecular weight is 391 g/mol. The highest BCUT2D eigenvalue weighted by atomic mass is 16.1. The molecule has 0 aliphatic heterocycles. The first-order valence-electron chi connectivity index (χ1n) is 9.75. The molecule has 0 radical (unpaired) electrons. The van der Waals surface area contributed by atoms with Crippen molar-refractivity contribution in [3.8, 4) is 22.3 Å². The summed E-state index contributed by atoms with van der Waals surface area (Å²) in [6, 6.07) is 17.9. The lowest BCUT2D eigenvalue weighted by molar-refractivity contribution is 0.0945. The van der Waals surface area contributed by atoms with E-state index in [-0.39, 0.29) is 11.9 Å². The minimum absolute atomic E-state index is 0.122. The molecule has 0 bridgehead atoms. The normalized spacial score (nSPS) is 14.5. The number of rotatable bonds is 3. The molecule has 6 heteroatoms. The summed E-state index contributed by atoms with van der Waals surface area (Å²) in [6.07, 6.45) is 7.17. The molecule has 1 aliphatic carbocycles. The summed E-state index contributed by atoms with van der Waals surface area (Å²) in [5.41, 5.74) is 7.89. The van der Waals surface area contributed by atoms with Crippen molar-refractivity contribution in [2.24, 2.45) is 0 Å². The molecule has 0 spiro atoms. The highest BCUT2D eigenvalue weighted by molar-refractivity contribution is 6.06. The maximum atomic E-state index is 13.3. The summed E-state index contributed by atoms with van der Waals surface area (Å²) in [5.74, 6) is -0.122. The Hall–Kier alpha value is -4.19. The van der Waals surface area contributed by atoms with Crippen LogP contribution in [0.15, 0.2) is 79.4 Å². The molecular weight excluding hydrogens is 374 g/mol. The molecule has 3 heterocycles. The van der Waals surface area contributed by atoms with Crippen molar-refractivity contribution < 1.29 is 4.79 Å². The van der Waals surface area contributed by atoms with E-state index in [9.17, 15) is 4.79 Å². The van der Waals surface area contributed by atoms with E-state index in [0.29, 0.717) is 11.2 Å². The fourth-order valence-electron chi connectivity index (χ4n) is 4.42. The minimum Gasteiger partial charge on any atom is -0.346 e. The van der Waals surface area contributed by atoms with Crippen LogP contribution in [-0.2, 0) is 0 Å². The first-order chi connectivity index (χ1) is 14.8. The van der Waals surface area contributed by atoms with Crippen molar-refractivity contribution >= 4 is 16.9 Å². The molecule has 30 heavy (non-hydrogen) atoms. The lowest BCUT2D eigenvalue weighted by Gasteiger charge is -2.16. The van der Waals surface area contributed by atoms with Gasteiger partial charge < -0.3 is 10.3 Å². The Labute approximate surface area is 172 Å². The third-order valence-corrected chi connectivity index (χ3v) is 5.74. The van der Waals surface area contributed by atoms with Gasteiger partial charge >= 0.3 is 0 Å². The number of carbonyl (C=O) groups is 1. The van der Waals surface area contributed by atoms with E-state index in [1.807, 2.05) is 36.7 Å². The van der Waals surface area contributed by atoms with Gasteiger partial charge in [-0.3, -0.25) is 9.89 Å². The molecule has 2 aromatic carbocycles. The zero-order valence-corrected chi connectivity index (χ0v) is 15.9. The van der Waals surface area contributed by atoms with Crippen LogP contribution in [-0.4, -0.2) is 26.1 Å². The molecule has 1 unspecified atom stereocenters. The van der Waals surface area contributed by atoms with E-state index in [1.54, 1.807) is 18.5 Å². The highest BCUT2D eigenvalue weighted by Crippen LogP contribution is 2.47. The minimum atomic E-state index is -0.224. The van der Waals surface area contributed by atoms with Gasteiger partial charge in [-0.2, -0.15) is 5.10 Å². The molecule has 6 rings (SSSR count). The van der Waals surface area contributed by atoms with Crippen LogP contribution < -0.4 is 5.32 Å². The molecular formula is C24H17N5O. The summed E-state index contributed by atoms with van der Waals surface area (Å²) in [6.45, 7) is 0. The van der Waals surface area contributed by atoms with Gasteiger partial charge in [-0.15, -0.1) is 0 Å². The molecule has 0 fully saturated rings. The first-order valence-corrected chi connectivity index (χ1v) is 9.75. The molecule has 5 aromatic rings. The van der Waals surface area contributed by atoms with Gasteiger partial charge in [0.15, 0.2) is 0 Å². The Balaban J connectivity index is 1.48. The molecule has 1 aliphatic rings. The predicted molar refractivity (Wildman–Crippen MR) is 115 cm³/mol. The maximum absolute atomic E-state index is 13.3. The number of fused-ring (bicyclic) bond motifs is 4. The first kappa shape index (κ1) is 16.7. The van der Waals surface area contributed by atoms with Gasteiger partial charge in [-0.1, -0.05) is 42.5 Å². The number of carbonyl (C=O) groups excluding carboxylic acids is 1. The van der Waals surface area contributed by atoms with Gasteiger partial charge in [0.2, 0.25) is 0 Å². The molecule has 1 atom stereocenters. The standard InChI is InChI=1S/C24H17N5O/c30-24(19-9-11-26-23-18(19)8-10-25-23)29-22-17-5-2-1-4-16(17)21-15(6-3-7-20(21)22)14-12-27-28-13-14/h1-13,22H,(H,25,26)(H,27,28)(H,29,30). The van der Waals surface area contributed by atoms with E-state index >= 15 is 0 Å². The Bertz CT molecular complexity index is 1400. The maximum Gasteiger partial charge on any atom is 0.252 e. The van der Waals surface area contributed by atoms with Gasteiger partial charge in [0.1, 0.15) is 5.65 Å². The molecule has 3 N–H and O–H groups in total. The number of aromatic nitrogens is 4. The molecule has 144 valence electrons. The summed E-state index contributed by atoms with van der Waals surface area (Å²) in [7, 11) is 0. The van der Waals surface area contributed by atoms with E-state index in [2.05, 4.69) is 49.7 Å². The van der Waals surface area contributed by atoms with Crippen molar-refractivity contribution in [3.63, 3.8) is 0 Å². The topological polar surface area (TPSA) is 86.5 Å². The van der Waals surface area contributed by atoms with Crippen LogP contribution in [0.25, 0.3) is 33.3 Å². The van der Waals surface area contributed by atoms with Crippen molar-refractivity contribution in [1.82, 2.24) is 25.5 Å². The number of hydrogen-bond acceptors (Lipinski definition) is 3.